The Morgan fingerprint density at radius 1 is 1.09 bits per heavy atom. The van der Waals surface area contributed by atoms with Gasteiger partial charge in [0, 0.05) is 13.1 Å². The van der Waals surface area contributed by atoms with E-state index < -0.39 is 15.9 Å². The maximum absolute atomic E-state index is 12.9. The van der Waals surface area contributed by atoms with Gasteiger partial charge in [-0.05, 0) is 48.1 Å². The predicted molar refractivity (Wildman–Crippen MR) is 127 cm³/mol. The number of hydrogen-bond donors (Lipinski definition) is 1. The summed E-state index contributed by atoms with van der Waals surface area (Å²) in [4.78, 5) is 12.8. The zero-order chi connectivity index (χ0) is 23.4. The summed E-state index contributed by atoms with van der Waals surface area (Å²) < 4.78 is 33.2. The molecule has 1 fully saturated rings. The topological polar surface area (TPSA) is 75.7 Å². The van der Waals surface area contributed by atoms with Crippen molar-refractivity contribution in [2.75, 3.05) is 26.2 Å². The molecule has 1 saturated heterocycles. The first-order valence-corrected chi connectivity index (χ1v) is 12.7. The highest BCUT2D eigenvalue weighted by Gasteiger charge is 2.27. The minimum atomic E-state index is -3.64. The Morgan fingerprint density at radius 3 is 2.47 bits per heavy atom. The average Bonchev–Trinajstić information content (AvgIpc) is 2.77. The third kappa shape index (κ3) is 5.82. The predicted octanol–water partition coefficient (Wildman–Crippen LogP) is 4.62. The van der Waals surface area contributed by atoms with Crippen molar-refractivity contribution in [2.24, 2.45) is 0 Å². The molecule has 8 heteroatoms. The first-order chi connectivity index (χ1) is 15.1. The van der Waals surface area contributed by atoms with Crippen LogP contribution in [-0.4, -0.2) is 44.9 Å². The molecular formula is C24H31ClN2O4S. The number of benzene rings is 2. The molecule has 0 radical (unpaired) electrons. The van der Waals surface area contributed by atoms with Gasteiger partial charge in [0.25, 0.3) is 5.91 Å². The number of sulfonamides is 1. The number of rotatable bonds is 7. The van der Waals surface area contributed by atoms with Gasteiger partial charge in [-0.2, -0.15) is 4.31 Å². The third-order valence-corrected chi connectivity index (χ3v) is 7.70. The normalized spacial score (nSPS) is 15.4. The molecule has 32 heavy (non-hydrogen) atoms. The summed E-state index contributed by atoms with van der Waals surface area (Å²) in [5, 5.41) is 2.98. The van der Waals surface area contributed by atoms with Gasteiger partial charge < -0.3 is 10.1 Å². The highest BCUT2D eigenvalue weighted by Crippen LogP contribution is 2.31. The minimum absolute atomic E-state index is 0.0619. The zero-order valence-corrected chi connectivity index (χ0v) is 20.4. The van der Waals surface area contributed by atoms with Crippen molar-refractivity contribution in [3.63, 3.8) is 0 Å². The van der Waals surface area contributed by atoms with Crippen molar-refractivity contribution in [2.45, 2.75) is 50.3 Å². The molecule has 0 aliphatic carbocycles. The fraction of sp³-hybridized carbons (Fsp3) is 0.458. The molecule has 2 aromatic carbocycles. The molecule has 1 heterocycles. The minimum Gasteiger partial charge on any atom is -0.491 e. The zero-order valence-electron chi connectivity index (χ0n) is 18.9. The van der Waals surface area contributed by atoms with Crippen LogP contribution < -0.4 is 10.1 Å². The van der Waals surface area contributed by atoms with E-state index in [0.717, 1.165) is 30.6 Å². The van der Waals surface area contributed by atoms with Crippen LogP contribution >= 0.6 is 11.6 Å². The lowest BCUT2D eigenvalue weighted by Gasteiger charge is -2.26. The first kappa shape index (κ1) is 24.6. The Bertz CT molecular complexity index is 1060. The van der Waals surface area contributed by atoms with E-state index in [0.29, 0.717) is 13.1 Å². The van der Waals surface area contributed by atoms with E-state index in [1.54, 1.807) is 0 Å². The average molecular weight is 479 g/mol. The highest BCUT2D eigenvalue weighted by atomic mass is 35.5. The Hall–Kier alpha value is -2.09. The third-order valence-electron chi connectivity index (χ3n) is 5.48. The van der Waals surface area contributed by atoms with E-state index >= 15 is 0 Å². The molecule has 174 valence electrons. The van der Waals surface area contributed by atoms with Gasteiger partial charge in [0.05, 0.1) is 22.0 Å². The number of nitrogens with one attached hydrogen (secondary N) is 1. The number of piperidine rings is 1. The van der Waals surface area contributed by atoms with Gasteiger partial charge in [0.1, 0.15) is 12.4 Å². The molecule has 0 aromatic heterocycles. The largest absolute Gasteiger partial charge is 0.491 e. The Morgan fingerprint density at radius 2 is 1.78 bits per heavy atom. The van der Waals surface area contributed by atoms with Crippen LogP contribution in [0.25, 0.3) is 0 Å². The lowest BCUT2D eigenvalue weighted by molar-refractivity contribution is 0.0946. The number of nitrogens with zero attached hydrogens (tertiary/aromatic N) is 1. The second-order valence-electron chi connectivity index (χ2n) is 8.96. The SMILES string of the molecule is CC(C)(C)c1ccccc1OCCNC(=O)c1cc(S(=O)(=O)N2CCCCC2)ccc1Cl. The number of carbonyl (C=O) groups excluding carboxylic acids is 1. The van der Waals surface area contributed by atoms with Gasteiger partial charge in [-0.25, -0.2) is 8.42 Å². The van der Waals surface area contributed by atoms with Gasteiger partial charge in [0.2, 0.25) is 10.0 Å². The lowest BCUT2D eigenvalue weighted by Crippen LogP contribution is -2.35. The molecule has 0 atom stereocenters. The second kappa shape index (κ2) is 10.2. The van der Waals surface area contributed by atoms with E-state index in [2.05, 4.69) is 26.1 Å². The molecule has 1 aliphatic heterocycles. The van der Waals surface area contributed by atoms with E-state index in [1.807, 2.05) is 24.3 Å². The van der Waals surface area contributed by atoms with Crippen LogP contribution in [0.1, 0.15) is 56.0 Å². The number of hydrogen-bond acceptors (Lipinski definition) is 4. The number of carbonyl (C=O) groups is 1. The molecule has 2 aromatic rings. The maximum Gasteiger partial charge on any atom is 0.252 e. The van der Waals surface area contributed by atoms with E-state index in [-0.39, 0.29) is 34.0 Å². The molecule has 6 nitrogen and oxygen atoms in total. The van der Waals surface area contributed by atoms with Gasteiger partial charge in [-0.3, -0.25) is 4.79 Å². The quantitative estimate of drug-likeness (QED) is 0.589. The Kier molecular flexibility index (Phi) is 7.85. The summed E-state index contributed by atoms with van der Waals surface area (Å²) in [5.74, 6) is 0.348. The van der Waals surface area contributed by atoms with Gasteiger partial charge in [-0.15, -0.1) is 0 Å². The summed E-state index contributed by atoms with van der Waals surface area (Å²) in [6, 6.07) is 12.1. The standard InChI is InChI=1S/C24H31ClN2O4S/c1-24(2,3)20-9-5-6-10-22(20)31-16-13-26-23(28)19-17-18(11-12-21(19)25)32(29,30)27-14-7-4-8-15-27/h5-6,9-12,17H,4,7-8,13-16H2,1-3H3,(H,26,28). The van der Waals surface area contributed by atoms with Crippen molar-refractivity contribution < 1.29 is 17.9 Å². The molecular weight excluding hydrogens is 448 g/mol. The van der Waals surface area contributed by atoms with E-state index in [1.165, 1.54) is 22.5 Å². The Balaban J connectivity index is 1.64. The lowest BCUT2D eigenvalue weighted by atomic mass is 9.86. The monoisotopic (exact) mass is 478 g/mol. The maximum atomic E-state index is 12.9. The van der Waals surface area contributed by atoms with Crippen molar-refractivity contribution in [3.8, 4) is 5.75 Å². The molecule has 1 amide bonds. The smallest absolute Gasteiger partial charge is 0.252 e. The molecule has 3 rings (SSSR count). The number of para-hydroxylation sites is 1. The summed E-state index contributed by atoms with van der Waals surface area (Å²) >= 11 is 6.21. The molecule has 1 aliphatic rings. The van der Waals surface area contributed by atoms with Gasteiger partial charge >= 0.3 is 0 Å². The van der Waals surface area contributed by atoms with Gasteiger partial charge in [-0.1, -0.05) is 57.0 Å². The van der Waals surface area contributed by atoms with Crippen LogP contribution in [0.2, 0.25) is 5.02 Å². The number of ether oxygens (including phenoxy) is 1. The van der Waals surface area contributed by atoms with Crippen LogP contribution in [-0.2, 0) is 15.4 Å². The van der Waals surface area contributed by atoms with Crippen molar-refractivity contribution in [1.29, 1.82) is 0 Å². The fourth-order valence-electron chi connectivity index (χ4n) is 3.73. The molecule has 0 saturated carbocycles. The molecule has 1 N–H and O–H groups in total. The molecule has 0 bridgehead atoms. The molecule has 0 unspecified atom stereocenters. The molecule has 0 spiro atoms. The number of amides is 1. The summed E-state index contributed by atoms with van der Waals surface area (Å²) in [6.07, 6.45) is 2.72. The van der Waals surface area contributed by atoms with Crippen LogP contribution in [0.5, 0.6) is 5.75 Å². The highest BCUT2D eigenvalue weighted by molar-refractivity contribution is 7.89. The second-order valence-corrected chi connectivity index (χ2v) is 11.3. The number of halogens is 1. The van der Waals surface area contributed by atoms with E-state index in [9.17, 15) is 13.2 Å². The summed E-state index contributed by atoms with van der Waals surface area (Å²) in [6.45, 7) is 7.89. The summed E-state index contributed by atoms with van der Waals surface area (Å²) in [5.41, 5.74) is 1.16. The van der Waals surface area contributed by atoms with Crippen LogP contribution in [0, 0.1) is 0 Å². The summed E-state index contributed by atoms with van der Waals surface area (Å²) in [7, 11) is -3.64. The van der Waals surface area contributed by atoms with Gasteiger partial charge in [0.15, 0.2) is 0 Å². The first-order valence-electron chi connectivity index (χ1n) is 10.9. The Labute approximate surface area is 196 Å². The van der Waals surface area contributed by atoms with Crippen molar-refractivity contribution >= 4 is 27.5 Å². The van der Waals surface area contributed by atoms with Crippen molar-refractivity contribution in [3.05, 3.63) is 58.6 Å². The van der Waals surface area contributed by atoms with Crippen LogP contribution in [0.15, 0.2) is 47.4 Å². The van der Waals surface area contributed by atoms with E-state index in [4.69, 9.17) is 16.3 Å². The van der Waals surface area contributed by atoms with Crippen LogP contribution in [0.3, 0.4) is 0 Å². The fourth-order valence-corrected chi connectivity index (χ4v) is 5.47. The van der Waals surface area contributed by atoms with Crippen molar-refractivity contribution in [1.82, 2.24) is 9.62 Å². The van der Waals surface area contributed by atoms with Crippen LogP contribution in [0.4, 0.5) is 0 Å².